The average molecular weight is 415 g/mol. The van der Waals surface area contributed by atoms with Crippen LogP contribution in [0.5, 0.6) is 0 Å². The molecule has 1 unspecified atom stereocenters. The zero-order chi connectivity index (χ0) is 21.4. The van der Waals surface area contributed by atoms with E-state index in [1.807, 2.05) is 30.3 Å². The van der Waals surface area contributed by atoms with Crippen LogP contribution in [-0.4, -0.2) is 22.5 Å². The number of aromatic nitrogens is 1. The molecule has 31 heavy (non-hydrogen) atoms. The fraction of sp³-hybridized carbons (Fsp3) is 0.200. The molecule has 6 heteroatoms. The molecule has 0 bridgehead atoms. The van der Waals surface area contributed by atoms with Crippen molar-refractivity contribution in [1.29, 1.82) is 0 Å². The van der Waals surface area contributed by atoms with Gasteiger partial charge >= 0.3 is 6.03 Å². The number of hydrogen-bond donors (Lipinski definition) is 1. The van der Waals surface area contributed by atoms with Gasteiger partial charge in [0, 0.05) is 6.54 Å². The van der Waals surface area contributed by atoms with Gasteiger partial charge < -0.3 is 14.6 Å². The van der Waals surface area contributed by atoms with E-state index in [1.165, 1.54) is 11.6 Å². The van der Waals surface area contributed by atoms with Crippen molar-refractivity contribution in [3.63, 3.8) is 0 Å². The van der Waals surface area contributed by atoms with E-state index in [9.17, 15) is 9.18 Å². The van der Waals surface area contributed by atoms with Gasteiger partial charge in [-0.3, -0.25) is 0 Å². The second kappa shape index (κ2) is 7.87. The largest absolute Gasteiger partial charge is 0.438 e. The highest BCUT2D eigenvalue weighted by molar-refractivity contribution is 5.90. The number of aryl methyl sites for hydroxylation is 1. The molecular formula is C25H22FN3O2. The number of oxazole rings is 1. The summed E-state index contributed by atoms with van der Waals surface area (Å²) in [6.45, 7) is 2.65. The van der Waals surface area contributed by atoms with Gasteiger partial charge in [0.05, 0.1) is 5.69 Å². The molecule has 1 saturated heterocycles. The number of nitrogens with zero attached hydrogens (tertiary/aromatic N) is 2. The van der Waals surface area contributed by atoms with Gasteiger partial charge in [-0.1, -0.05) is 42.5 Å². The first-order chi connectivity index (χ1) is 15.1. The van der Waals surface area contributed by atoms with E-state index in [1.54, 1.807) is 23.1 Å². The Bertz CT molecular complexity index is 1270. The van der Waals surface area contributed by atoms with Crippen molar-refractivity contribution in [1.82, 2.24) is 9.88 Å². The molecule has 1 atom stereocenters. The summed E-state index contributed by atoms with van der Waals surface area (Å²) in [5, 5.41) is 2.67. The Kier molecular flexibility index (Phi) is 4.90. The monoisotopic (exact) mass is 415 g/mol. The normalized spacial score (nSPS) is 16.1. The van der Waals surface area contributed by atoms with Crippen LogP contribution < -0.4 is 5.32 Å². The maximum absolute atomic E-state index is 13.9. The Morgan fingerprint density at radius 3 is 2.77 bits per heavy atom. The molecule has 2 amide bonds. The van der Waals surface area contributed by atoms with Gasteiger partial charge in [0.2, 0.25) is 5.89 Å². The number of amides is 2. The summed E-state index contributed by atoms with van der Waals surface area (Å²) in [6, 6.07) is 19.7. The van der Waals surface area contributed by atoms with E-state index in [2.05, 4.69) is 24.4 Å². The summed E-state index contributed by atoms with van der Waals surface area (Å²) in [5.74, 6) is 0.0512. The number of urea groups is 1. The molecular weight excluding hydrogens is 393 g/mol. The van der Waals surface area contributed by atoms with Crippen LogP contribution in [0.15, 0.2) is 71.1 Å². The maximum Gasteiger partial charge on any atom is 0.322 e. The molecule has 0 radical (unpaired) electrons. The number of hydrogen-bond acceptors (Lipinski definition) is 3. The maximum atomic E-state index is 13.9. The van der Waals surface area contributed by atoms with E-state index in [0.29, 0.717) is 18.0 Å². The Morgan fingerprint density at radius 2 is 1.94 bits per heavy atom. The van der Waals surface area contributed by atoms with Gasteiger partial charge in [0.1, 0.15) is 17.4 Å². The second-order valence-corrected chi connectivity index (χ2v) is 7.81. The minimum atomic E-state index is -0.461. The van der Waals surface area contributed by atoms with Crippen LogP contribution >= 0.6 is 0 Å². The molecule has 2 heterocycles. The van der Waals surface area contributed by atoms with Gasteiger partial charge in [-0.2, -0.15) is 0 Å². The van der Waals surface area contributed by atoms with Crippen LogP contribution in [0.3, 0.4) is 0 Å². The van der Waals surface area contributed by atoms with Crippen molar-refractivity contribution < 1.29 is 13.6 Å². The van der Waals surface area contributed by atoms with E-state index in [-0.39, 0.29) is 17.8 Å². The third kappa shape index (κ3) is 3.65. The summed E-state index contributed by atoms with van der Waals surface area (Å²) in [4.78, 5) is 19.2. The molecule has 1 fully saturated rings. The lowest BCUT2D eigenvalue weighted by Crippen LogP contribution is -2.34. The van der Waals surface area contributed by atoms with Crippen LogP contribution in [0, 0.1) is 12.7 Å². The first-order valence-corrected chi connectivity index (χ1v) is 10.4. The number of rotatable bonds is 3. The number of carbonyl (C=O) groups is 1. The van der Waals surface area contributed by atoms with Gasteiger partial charge in [-0.25, -0.2) is 14.2 Å². The molecule has 5 nitrogen and oxygen atoms in total. The van der Waals surface area contributed by atoms with Crippen LogP contribution in [0.4, 0.5) is 14.9 Å². The highest BCUT2D eigenvalue weighted by Crippen LogP contribution is 2.35. The molecule has 1 N–H and O–H groups in total. The van der Waals surface area contributed by atoms with Crippen LogP contribution in [0.2, 0.25) is 0 Å². The molecule has 0 spiro atoms. The zero-order valence-corrected chi connectivity index (χ0v) is 17.1. The minimum absolute atomic E-state index is 0.165. The zero-order valence-electron chi connectivity index (χ0n) is 17.1. The van der Waals surface area contributed by atoms with Gasteiger partial charge in [-0.05, 0) is 60.7 Å². The summed E-state index contributed by atoms with van der Waals surface area (Å²) < 4.78 is 20.0. The van der Waals surface area contributed by atoms with E-state index >= 15 is 0 Å². The summed E-state index contributed by atoms with van der Waals surface area (Å²) in [5.41, 5.74) is 5.04. The predicted octanol–water partition coefficient (Wildman–Crippen LogP) is 6.31. The van der Waals surface area contributed by atoms with Crippen LogP contribution in [0.25, 0.3) is 22.2 Å². The number of fused-ring (bicyclic) bond motifs is 1. The molecule has 1 aliphatic rings. The Hall–Kier alpha value is -3.67. The summed E-state index contributed by atoms with van der Waals surface area (Å²) in [6.07, 6.45) is 1.59. The predicted molar refractivity (Wildman–Crippen MR) is 118 cm³/mol. The second-order valence-electron chi connectivity index (χ2n) is 7.81. The number of anilines is 1. The van der Waals surface area contributed by atoms with Crippen molar-refractivity contribution in [2.45, 2.75) is 25.8 Å². The summed E-state index contributed by atoms with van der Waals surface area (Å²) >= 11 is 0. The Balaban J connectivity index is 1.42. The minimum Gasteiger partial charge on any atom is -0.438 e. The van der Waals surface area contributed by atoms with Gasteiger partial charge in [0.15, 0.2) is 5.58 Å². The molecule has 4 aromatic rings. The smallest absolute Gasteiger partial charge is 0.322 e. The van der Waals surface area contributed by atoms with E-state index in [0.717, 1.165) is 29.5 Å². The fourth-order valence-electron chi connectivity index (χ4n) is 4.17. The molecule has 0 aliphatic carbocycles. The van der Waals surface area contributed by atoms with Crippen molar-refractivity contribution in [3.8, 4) is 11.1 Å². The van der Waals surface area contributed by atoms with E-state index < -0.39 is 5.82 Å². The number of halogens is 1. The third-order valence-corrected chi connectivity index (χ3v) is 5.77. The van der Waals surface area contributed by atoms with E-state index in [4.69, 9.17) is 9.40 Å². The SMILES string of the molecule is Cc1ccccc1-c1ccc2oc(C3CCCN3C(=O)Nc3ccccc3F)nc2c1. The molecule has 5 rings (SSSR count). The Morgan fingerprint density at radius 1 is 1.13 bits per heavy atom. The van der Waals surface area contributed by atoms with Crippen LogP contribution in [-0.2, 0) is 0 Å². The third-order valence-electron chi connectivity index (χ3n) is 5.77. The highest BCUT2D eigenvalue weighted by atomic mass is 19.1. The molecule has 3 aromatic carbocycles. The first kappa shape index (κ1) is 19.3. The van der Waals surface area contributed by atoms with Crippen molar-refractivity contribution in [2.75, 3.05) is 11.9 Å². The number of para-hydroxylation sites is 1. The highest BCUT2D eigenvalue weighted by Gasteiger charge is 2.34. The number of likely N-dealkylation sites (tertiary alicyclic amines) is 1. The van der Waals surface area contributed by atoms with Gasteiger partial charge in [-0.15, -0.1) is 0 Å². The molecule has 0 saturated carbocycles. The number of nitrogens with one attached hydrogen (secondary N) is 1. The summed E-state index contributed by atoms with van der Waals surface area (Å²) in [7, 11) is 0. The van der Waals surface area contributed by atoms with Crippen molar-refractivity contribution in [3.05, 3.63) is 84.0 Å². The number of carbonyl (C=O) groups excluding carboxylic acids is 1. The van der Waals surface area contributed by atoms with Crippen molar-refractivity contribution >= 4 is 22.8 Å². The van der Waals surface area contributed by atoms with Gasteiger partial charge in [0.25, 0.3) is 0 Å². The van der Waals surface area contributed by atoms with Crippen LogP contribution in [0.1, 0.15) is 30.3 Å². The fourth-order valence-corrected chi connectivity index (χ4v) is 4.17. The molecule has 156 valence electrons. The lowest BCUT2D eigenvalue weighted by molar-refractivity contribution is 0.198. The Labute approximate surface area is 179 Å². The quantitative estimate of drug-likeness (QED) is 0.426. The molecule has 1 aliphatic heterocycles. The average Bonchev–Trinajstić information content (AvgIpc) is 3.42. The topological polar surface area (TPSA) is 58.4 Å². The first-order valence-electron chi connectivity index (χ1n) is 10.4. The molecule has 1 aromatic heterocycles. The standard InChI is InChI=1S/C25H22FN3O2/c1-16-7-2-3-8-18(16)17-12-13-23-21(15-17)27-24(31-23)22-11-6-14-29(22)25(30)28-20-10-5-4-9-19(20)26/h2-5,7-10,12-13,15,22H,6,11,14H2,1H3,(H,28,30). The number of benzene rings is 3. The van der Waals surface area contributed by atoms with Crippen molar-refractivity contribution in [2.24, 2.45) is 0 Å². The lowest BCUT2D eigenvalue weighted by Gasteiger charge is -2.22. The lowest BCUT2D eigenvalue weighted by atomic mass is 10.0.